The predicted octanol–water partition coefficient (Wildman–Crippen LogP) is 12.1. The van der Waals surface area contributed by atoms with E-state index in [1.54, 1.807) is 14.0 Å². The third-order valence-corrected chi connectivity index (χ3v) is 8.13. The number of carbonyl (C=O) groups is 1. The number of hydrogen-bond acceptors (Lipinski definition) is 7. The van der Waals surface area contributed by atoms with Crippen LogP contribution in [0.3, 0.4) is 0 Å². The van der Waals surface area contributed by atoms with Crippen LogP contribution >= 0.6 is 0 Å². The Bertz CT molecular complexity index is 1370. The Morgan fingerprint density at radius 1 is 0.604 bits per heavy atom. The lowest BCUT2D eigenvalue weighted by molar-refractivity contribution is -0.139. The minimum absolute atomic E-state index is 0.321. The highest BCUT2D eigenvalue weighted by molar-refractivity contribution is 5.86. The molecule has 3 aromatic carbocycles. The van der Waals surface area contributed by atoms with Crippen molar-refractivity contribution in [2.75, 3.05) is 26.9 Å². The van der Waals surface area contributed by atoms with E-state index in [-0.39, 0.29) is 5.97 Å². The Balaban J connectivity index is 1.35. The van der Waals surface area contributed by atoms with Crippen LogP contribution in [0.1, 0.15) is 104 Å². The van der Waals surface area contributed by atoms with Crippen molar-refractivity contribution >= 4 is 17.3 Å². The number of nitrogens with zero attached hydrogens (tertiary/aromatic N) is 2. The second-order valence-electron chi connectivity index (χ2n) is 12.3. The van der Waals surface area contributed by atoms with E-state index >= 15 is 0 Å². The van der Waals surface area contributed by atoms with E-state index in [1.165, 1.54) is 57.8 Å². The fraction of sp³-hybridized carbons (Fsp3) is 0.488. The zero-order chi connectivity index (χ0) is 34.2. The van der Waals surface area contributed by atoms with Crippen LogP contribution < -0.4 is 14.2 Å². The first kappa shape index (κ1) is 38.3. The number of methoxy groups -OCH3 is 1. The maximum atomic E-state index is 11.4. The standard InChI is InChI=1S/C41H56N2O5/c1-5-6-7-8-9-10-11-12-13-17-30-47-39-28-21-35(32-40(39)45-4)34-19-22-36(23-20-34)42-43-37-24-26-38(27-25-37)46-29-16-14-15-18-31-48-41(44)33(2)3/h19-28,32H,2,5-18,29-31H2,1,3-4H3. The lowest BCUT2D eigenvalue weighted by Crippen LogP contribution is -2.06. The van der Waals surface area contributed by atoms with E-state index < -0.39 is 0 Å². The largest absolute Gasteiger partial charge is 0.494 e. The van der Waals surface area contributed by atoms with Crippen molar-refractivity contribution < 1.29 is 23.7 Å². The van der Waals surface area contributed by atoms with Crippen LogP contribution in [0.4, 0.5) is 11.4 Å². The fourth-order valence-corrected chi connectivity index (χ4v) is 5.22. The Labute approximate surface area is 288 Å². The van der Waals surface area contributed by atoms with Crippen LogP contribution in [0.25, 0.3) is 11.1 Å². The van der Waals surface area contributed by atoms with Crippen LogP contribution in [-0.2, 0) is 9.53 Å². The van der Waals surface area contributed by atoms with E-state index in [2.05, 4.69) is 29.8 Å². The average Bonchev–Trinajstić information content (AvgIpc) is 3.11. The Morgan fingerprint density at radius 3 is 1.67 bits per heavy atom. The minimum atomic E-state index is -0.321. The van der Waals surface area contributed by atoms with Gasteiger partial charge < -0.3 is 18.9 Å². The SMILES string of the molecule is C=C(C)C(=O)OCCCCCCOc1ccc(N=Nc2ccc(-c3ccc(OCCCCCCCCCCCC)c(OC)c3)cc2)cc1. The zero-order valence-corrected chi connectivity index (χ0v) is 29.5. The molecule has 0 amide bonds. The molecule has 0 radical (unpaired) electrons. The summed E-state index contributed by atoms with van der Waals surface area (Å²) in [5.41, 5.74) is 4.10. The molecule has 3 rings (SSSR count). The highest BCUT2D eigenvalue weighted by Gasteiger charge is 2.08. The van der Waals surface area contributed by atoms with Crippen LogP contribution in [0.5, 0.6) is 17.2 Å². The number of carbonyl (C=O) groups excluding carboxylic acids is 1. The molecule has 0 unspecified atom stereocenters. The maximum absolute atomic E-state index is 11.4. The third-order valence-electron chi connectivity index (χ3n) is 8.13. The molecule has 0 aliphatic carbocycles. The van der Waals surface area contributed by atoms with Crippen molar-refractivity contribution in [2.24, 2.45) is 10.2 Å². The number of ether oxygens (including phenoxy) is 4. The van der Waals surface area contributed by atoms with Crippen LogP contribution in [0.15, 0.2) is 89.1 Å². The highest BCUT2D eigenvalue weighted by atomic mass is 16.5. The van der Waals surface area contributed by atoms with Crippen LogP contribution in [0.2, 0.25) is 0 Å². The van der Waals surface area contributed by atoms with Crippen LogP contribution in [-0.4, -0.2) is 32.9 Å². The van der Waals surface area contributed by atoms with Gasteiger partial charge in [-0.15, -0.1) is 0 Å². The normalized spacial score (nSPS) is 11.1. The molecule has 260 valence electrons. The summed E-state index contributed by atoms with van der Waals surface area (Å²) >= 11 is 0. The minimum Gasteiger partial charge on any atom is -0.494 e. The van der Waals surface area contributed by atoms with Crippen molar-refractivity contribution in [1.82, 2.24) is 0 Å². The summed E-state index contributed by atoms with van der Waals surface area (Å²) in [5.74, 6) is 2.02. The summed E-state index contributed by atoms with van der Waals surface area (Å²) in [6.07, 6.45) is 16.9. The first-order valence-electron chi connectivity index (χ1n) is 17.9. The molecule has 0 spiro atoms. The topological polar surface area (TPSA) is 78.7 Å². The van der Waals surface area contributed by atoms with Gasteiger partial charge in [0.05, 0.1) is 38.3 Å². The summed E-state index contributed by atoms with van der Waals surface area (Å²) in [6, 6.07) is 21.7. The zero-order valence-electron chi connectivity index (χ0n) is 29.5. The molecule has 48 heavy (non-hydrogen) atoms. The molecule has 7 nitrogen and oxygen atoms in total. The van der Waals surface area contributed by atoms with Gasteiger partial charge in [-0.2, -0.15) is 10.2 Å². The highest BCUT2D eigenvalue weighted by Crippen LogP contribution is 2.33. The second-order valence-corrected chi connectivity index (χ2v) is 12.3. The van der Waals surface area contributed by atoms with E-state index in [0.717, 1.165) is 71.9 Å². The number of unbranched alkanes of at least 4 members (excludes halogenated alkanes) is 12. The molecule has 0 fully saturated rings. The van der Waals surface area contributed by atoms with Crippen LogP contribution in [0, 0.1) is 0 Å². The van der Waals surface area contributed by atoms with Gasteiger partial charge in [-0.1, -0.05) is 89.5 Å². The number of esters is 1. The van der Waals surface area contributed by atoms with Gasteiger partial charge in [0.15, 0.2) is 11.5 Å². The summed E-state index contributed by atoms with van der Waals surface area (Å²) in [5, 5.41) is 8.79. The summed E-state index contributed by atoms with van der Waals surface area (Å²) in [4.78, 5) is 11.4. The molecule has 0 N–H and O–H groups in total. The Morgan fingerprint density at radius 2 is 1.10 bits per heavy atom. The average molecular weight is 657 g/mol. The summed E-state index contributed by atoms with van der Waals surface area (Å²) < 4.78 is 22.7. The summed E-state index contributed by atoms with van der Waals surface area (Å²) in [6.45, 7) is 9.29. The lowest BCUT2D eigenvalue weighted by atomic mass is 10.0. The van der Waals surface area contributed by atoms with Crippen molar-refractivity contribution in [1.29, 1.82) is 0 Å². The first-order chi connectivity index (χ1) is 23.5. The van der Waals surface area contributed by atoms with Gasteiger partial charge in [0, 0.05) is 5.57 Å². The second kappa shape index (κ2) is 23.2. The molecule has 0 atom stereocenters. The monoisotopic (exact) mass is 656 g/mol. The quantitative estimate of drug-likeness (QED) is 0.0392. The van der Waals surface area contributed by atoms with Gasteiger partial charge in [0.2, 0.25) is 0 Å². The maximum Gasteiger partial charge on any atom is 0.333 e. The van der Waals surface area contributed by atoms with Gasteiger partial charge in [-0.3, -0.25) is 0 Å². The first-order valence-corrected chi connectivity index (χ1v) is 17.9. The smallest absolute Gasteiger partial charge is 0.333 e. The number of azo groups is 1. The van der Waals surface area contributed by atoms with E-state index in [1.807, 2.05) is 60.7 Å². The van der Waals surface area contributed by atoms with Gasteiger partial charge in [0.25, 0.3) is 0 Å². The third kappa shape index (κ3) is 15.2. The molecule has 7 heteroatoms. The van der Waals surface area contributed by atoms with Crippen molar-refractivity contribution in [3.05, 3.63) is 78.9 Å². The number of hydrogen-bond donors (Lipinski definition) is 0. The molecule has 3 aromatic rings. The Hall–Kier alpha value is -4.13. The van der Waals surface area contributed by atoms with Crippen molar-refractivity contribution in [2.45, 2.75) is 104 Å². The summed E-state index contributed by atoms with van der Waals surface area (Å²) in [7, 11) is 1.69. The predicted molar refractivity (Wildman–Crippen MR) is 196 cm³/mol. The number of benzene rings is 3. The van der Waals surface area contributed by atoms with Gasteiger partial charge in [0.1, 0.15) is 5.75 Å². The molecule has 0 aliphatic heterocycles. The van der Waals surface area contributed by atoms with E-state index in [9.17, 15) is 4.79 Å². The van der Waals surface area contributed by atoms with E-state index in [0.29, 0.717) is 25.4 Å². The molecule has 0 heterocycles. The van der Waals surface area contributed by atoms with Gasteiger partial charge in [-0.25, -0.2) is 4.79 Å². The van der Waals surface area contributed by atoms with Crippen molar-refractivity contribution in [3.8, 4) is 28.4 Å². The molecular weight excluding hydrogens is 600 g/mol. The number of rotatable bonds is 25. The van der Waals surface area contributed by atoms with Crippen molar-refractivity contribution in [3.63, 3.8) is 0 Å². The van der Waals surface area contributed by atoms with Gasteiger partial charge >= 0.3 is 5.97 Å². The van der Waals surface area contributed by atoms with E-state index in [4.69, 9.17) is 18.9 Å². The lowest BCUT2D eigenvalue weighted by Gasteiger charge is -2.12. The Kier molecular flexibility index (Phi) is 18.6. The molecule has 0 aliphatic rings. The molecule has 0 saturated carbocycles. The fourth-order valence-electron chi connectivity index (χ4n) is 5.22. The molecule has 0 aromatic heterocycles. The van der Waals surface area contributed by atoms with Gasteiger partial charge in [-0.05, 0) is 98.7 Å². The molecular formula is C41H56N2O5. The molecule has 0 bridgehead atoms. The molecule has 0 saturated heterocycles.